The average Bonchev–Trinajstić information content (AvgIpc) is 2.26. The van der Waals surface area contributed by atoms with Gasteiger partial charge in [0.25, 0.3) is 5.92 Å². The van der Waals surface area contributed by atoms with E-state index in [0.717, 1.165) is 0 Å². The first-order valence-corrected chi connectivity index (χ1v) is 4.98. The summed E-state index contributed by atoms with van der Waals surface area (Å²) >= 11 is 0. The van der Waals surface area contributed by atoms with Crippen molar-refractivity contribution in [3.05, 3.63) is 0 Å². The molecule has 88 valence electrons. The summed E-state index contributed by atoms with van der Waals surface area (Å²) in [4.78, 5) is 12.6. The number of hydrogen-bond acceptors (Lipinski definition) is 3. The number of nitrogens with zero attached hydrogens (tertiary/aromatic N) is 1. The van der Waals surface area contributed by atoms with Gasteiger partial charge < -0.3 is 10.1 Å². The second-order valence-corrected chi connectivity index (χ2v) is 3.57. The maximum atomic E-state index is 13.1. The Labute approximate surface area is 87.6 Å². The monoisotopic (exact) mass is 222 g/mol. The van der Waals surface area contributed by atoms with E-state index in [-0.39, 0.29) is 19.1 Å². The van der Waals surface area contributed by atoms with E-state index < -0.39 is 19.1 Å². The van der Waals surface area contributed by atoms with Gasteiger partial charge in [-0.2, -0.15) is 0 Å². The van der Waals surface area contributed by atoms with Crippen molar-refractivity contribution in [2.75, 3.05) is 39.4 Å². The molecule has 1 aliphatic heterocycles. The average molecular weight is 222 g/mol. The maximum Gasteiger partial charge on any atom is 0.283 e. The largest absolute Gasteiger partial charge is 0.374 e. The number of alkyl halides is 2. The Morgan fingerprint density at radius 3 is 3.00 bits per heavy atom. The summed E-state index contributed by atoms with van der Waals surface area (Å²) in [5.41, 5.74) is 0. The van der Waals surface area contributed by atoms with E-state index in [4.69, 9.17) is 4.74 Å². The molecule has 1 saturated heterocycles. The molecule has 0 unspecified atom stereocenters. The number of likely N-dealkylation sites (N-methyl/N-ethyl adjacent to an activating group) is 1. The number of amides is 1. The van der Waals surface area contributed by atoms with Crippen molar-refractivity contribution < 1.29 is 18.3 Å². The highest BCUT2D eigenvalue weighted by Gasteiger charge is 2.34. The third-order valence-electron chi connectivity index (χ3n) is 2.06. The number of hydrogen-bond donors (Lipinski definition) is 1. The van der Waals surface area contributed by atoms with Gasteiger partial charge in [0.15, 0.2) is 0 Å². The fourth-order valence-corrected chi connectivity index (χ4v) is 1.46. The van der Waals surface area contributed by atoms with Crippen molar-refractivity contribution >= 4 is 5.91 Å². The normalized spacial score (nSPS) is 22.1. The van der Waals surface area contributed by atoms with Gasteiger partial charge in [0.1, 0.15) is 6.61 Å². The standard InChI is InChI=1S/C9H16F2N2O2/c1-2-12-8(14)5-13-3-4-15-7-9(10,11)6-13/h2-7H2,1H3,(H,12,14). The van der Waals surface area contributed by atoms with Gasteiger partial charge >= 0.3 is 0 Å². The summed E-state index contributed by atoms with van der Waals surface area (Å²) in [5, 5.41) is 2.57. The summed E-state index contributed by atoms with van der Waals surface area (Å²) in [6.45, 7) is 1.95. The van der Waals surface area contributed by atoms with Gasteiger partial charge in [-0.25, -0.2) is 8.78 Å². The predicted octanol–water partition coefficient (Wildman–Crippen LogP) is 0.0900. The minimum atomic E-state index is -2.86. The van der Waals surface area contributed by atoms with Crippen LogP contribution in [0.3, 0.4) is 0 Å². The number of ether oxygens (including phenoxy) is 1. The van der Waals surface area contributed by atoms with E-state index in [1.165, 1.54) is 4.90 Å². The highest BCUT2D eigenvalue weighted by molar-refractivity contribution is 5.77. The highest BCUT2D eigenvalue weighted by Crippen LogP contribution is 2.18. The first-order valence-electron chi connectivity index (χ1n) is 4.98. The van der Waals surface area contributed by atoms with E-state index in [2.05, 4.69) is 5.32 Å². The van der Waals surface area contributed by atoms with Gasteiger partial charge in [0.2, 0.25) is 5.91 Å². The SMILES string of the molecule is CCNC(=O)CN1CCOCC(F)(F)C1. The molecule has 0 aliphatic carbocycles. The third kappa shape index (κ3) is 4.53. The molecule has 1 heterocycles. The Balaban J connectivity index is 2.42. The second-order valence-electron chi connectivity index (χ2n) is 3.57. The zero-order valence-corrected chi connectivity index (χ0v) is 8.76. The molecule has 0 spiro atoms. The van der Waals surface area contributed by atoms with Crippen LogP contribution in [0.15, 0.2) is 0 Å². The molecule has 0 aromatic heterocycles. The fraction of sp³-hybridized carbons (Fsp3) is 0.889. The van der Waals surface area contributed by atoms with Gasteiger partial charge in [-0.15, -0.1) is 0 Å². The van der Waals surface area contributed by atoms with Crippen LogP contribution in [0.4, 0.5) is 8.78 Å². The lowest BCUT2D eigenvalue weighted by molar-refractivity contribution is -0.123. The Kier molecular flexibility index (Phi) is 4.41. The van der Waals surface area contributed by atoms with Crippen molar-refractivity contribution in [1.29, 1.82) is 0 Å². The maximum absolute atomic E-state index is 13.1. The molecule has 0 bridgehead atoms. The molecule has 1 aliphatic rings. The number of rotatable bonds is 3. The number of carbonyl (C=O) groups excluding carboxylic acids is 1. The minimum Gasteiger partial charge on any atom is -0.374 e. The third-order valence-corrected chi connectivity index (χ3v) is 2.06. The van der Waals surface area contributed by atoms with Crippen molar-refractivity contribution in [2.45, 2.75) is 12.8 Å². The molecule has 0 atom stereocenters. The number of nitrogens with one attached hydrogen (secondary N) is 1. The number of carbonyl (C=O) groups is 1. The first kappa shape index (κ1) is 12.3. The smallest absolute Gasteiger partial charge is 0.283 e. The topological polar surface area (TPSA) is 41.6 Å². The zero-order valence-electron chi connectivity index (χ0n) is 8.76. The Morgan fingerprint density at radius 2 is 2.33 bits per heavy atom. The van der Waals surface area contributed by atoms with Gasteiger partial charge in [0, 0.05) is 13.1 Å². The van der Waals surface area contributed by atoms with Crippen LogP contribution in [0, 0.1) is 0 Å². The van der Waals surface area contributed by atoms with Crippen LogP contribution in [0.5, 0.6) is 0 Å². The van der Waals surface area contributed by atoms with E-state index in [9.17, 15) is 13.6 Å². The zero-order chi connectivity index (χ0) is 11.3. The van der Waals surface area contributed by atoms with Crippen LogP contribution in [-0.4, -0.2) is 56.1 Å². The Morgan fingerprint density at radius 1 is 1.60 bits per heavy atom. The van der Waals surface area contributed by atoms with Crippen LogP contribution in [-0.2, 0) is 9.53 Å². The van der Waals surface area contributed by atoms with E-state index in [0.29, 0.717) is 13.1 Å². The molecule has 4 nitrogen and oxygen atoms in total. The van der Waals surface area contributed by atoms with Gasteiger partial charge in [0.05, 0.1) is 19.7 Å². The number of halogens is 2. The fourth-order valence-electron chi connectivity index (χ4n) is 1.46. The first-order chi connectivity index (χ1) is 7.03. The van der Waals surface area contributed by atoms with Crippen LogP contribution in [0.1, 0.15) is 6.92 Å². The quantitative estimate of drug-likeness (QED) is 0.736. The van der Waals surface area contributed by atoms with E-state index in [1.807, 2.05) is 0 Å². The molecule has 0 aromatic carbocycles. The van der Waals surface area contributed by atoms with Crippen molar-refractivity contribution in [3.8, 4) is 0 Å². The van der Waals surface area contributed by atoms with E-state index >= 15 is 0 Å². The molecule has 1 fully saturated rings. The molecule has 1 N–H and O–H groups in total. The summed E-state index contributed by atoms with van der Waals surface area (Å²) in [6, 6.07) is 0. The van der Waals surface area contributed by atoms with E-state index in [1.54, 1.807) is 6.92 Å². The molecular formula is C9H16F2N2O2. The van der Waals surface area contributed by atoms with Crippen molar-refractivity contribution in [1.82, 2.24) is 10.2 Å². The van der Waals surface area contributed by atoms with Crippen LogP contribution >= 0.6 is 0 Å². The molecule has 0 aromatic rings. The molecule has 1 rings (SSSR count). The second kappa shape index (κ2) is 5.37. The molecule has 0 radical (unpaired) electrons. The van der Waals surface area contributed by atoms with Crippen molar-refractivity contribution in [3.63, 3.8) is 0 Å². The lowest BCUT2D eigenvalue weighted by atomic mass is 10.3. The molecule has 1 amide bonds. The minimum absolute atomic E-state index is 0.00674. The highest BCUT2D eigenvalue weighted by atomic mass is 19.3. The predicted molar refractivity (Wildman–Crippen MR) is 50.9 cm³/mol. The van der Waals surface area contributed by atoms with Gasteiger partial charge in [-0.3, -0.25) is 9.69 Å². The lowest BCUT2D eigenvalue weighted by Crippen LogP contribution is -2.43. The van der Waals surface area contributed by atoms with Gasteiger partial charge in [-0.05, 0) is 6.92 Å². The summed E-state index contributed by atoms with van der Waals surface area (Å²) < 4.78 is 30.9. The van der Waals surface area contributed by atoms with Crippen LogP contribution in [0.25, 0.3) is 0 Å². The van der Waals surface area contributed by atoms with Gasteiger partial charge in [-0.1, -0.05) is 0 Å². The summed E-state index contributed by atoms with van der Waals surface area (Å²) in [5.74, 6) is -3.08. The summed E-state index contributed by atoms with van der Waals surface area (Å²) in [7, 11) is 0. The Bertz CT molecular complexity index is 224. The molecule has 15 heavy (non-hydrogen) atoms. The summed E-state index contributed by atoms with van der Waals surface area (Å²) in [6.07, 6.45) is 0. The Hall–Kier alpha value is -0.750. The lowest BCUT2D eigenvalue weighted by Gasteiger charge is -2.21. The van der Waals surface area contributed by atoms with Crippen LogP contribution < -0.4 is 5.32 Å². The molecule has 6 heteroatoms. The van der Waals surface area contributed by atoms with Crippen molar-refractivity contribution in [2.24, 2.45) is 0 Å². The molecular weight excluding hydrogens is 206 g/mol. The van der Waals surface area contributed by atoms with Crippen LogP contribution in [0.2, 0.25) is 0 Å². The molecule has 0 saturated carbocycles.